The van der Waals surface area contributed by atoms with Crippen molar-refractivity contribution in [1.82, 2.24) is 9.97 Å². The minimum absolute atomic E-state index is 0.332. The fourth-order valence-corrected chi connectivity index (χ4v) is 2.59. The molecule has 138 valence electrons. The van der Waals surface area contributed by atoms with E-state index in [-0.39, 0.29) is 6.61 Å². The second kappa shape index (κ2) is 7.53. The van der Waals surface area contributed by atoms with Crippen molar-refractivity contribution < 1.29 is 14.3 Å². The molecule has 0 bridgehead atoms. The van der Waals surface area contributed by atoms with Crippen molar-refractivity contribution >= 4 is 28.6 Å². The van der Waals surface area contributed by atoms with Gasteiger partial charge in [-0.25, -0.2) is 14.8 Å². The monoisotopic (exact) mass is 363 g/mol. The summed E-state index contributed by atoms with van der Waals surface area (Å²) in [7, 11) is 0. The van der Waals surface area contributed by atoms with Gasteiger partial charge in [-0.3, -0.25) is 4.79 Å². The third-order valence-electron chi connectivity index (χ3n) is 4.44. The van der Waals surface area contributed by atoms with Crippen LogP contribution in [0.2, 0.25) is 0 Å². The molecule has 0 atom stereocenters. The van der Waals surface area contributed by atoms with Crippen molar-refractivity contribution in [3.8, 4) is 0 Å². The van der Waals surface area contributed by atoms with Gasteiger partial charge in [0, 0.05) is 5.69 Å². The predicted octanol–water partition coefficient (Wildman–Crippen LogP) is 3.66. The Morgan fingerprint density at radius 2 is 1.59 bits per heavy atom. The number of esters is 1. The number of carbonyl (C=O) groups is 2. The summed E-state index contributed by atoms with van der Waals surface area (Å²) in [5.41, 5.74) is 6.21. The van der Waals surface area contributed by atoms with Gasteiger partial charge in [0.05, 0.1) is 28.0 Å². The minimum Gasteiger partial charge on any atom is -0.452 e. The molecule has 6 nitrogen and oxygen atoms in total. The highest BCUT2D eigenvalue weighted by molar-refractivity contribution is 5.97. The lowest BCUT2D eigenvalue weighted by Gasteiger charge is -2.09. The largest absolute Gasteiger partial charge is 0.452 e. The molecule has 0 unspecified atom stereocenters. The maximum atomic E-state index is 12.2. The van der Waals surface area contributed by atoms with E-state index in [2.05, 4.69) is 15.3 Å². The van der Waals surface area contributed by atoms with Crippen molar-refractivity contribution in [1.29, 1.82) is 0 Å². The topological polar surface area (TPSA) is 81.2 Å². The standard InChI is InChI=1S/C21H21N3O3/c1-12-5-7-17(9-13(12)2)24-20(25)11-27-21(26)16-6-8-18-19(10-16)23-15(4)14(3)22-18/h5-10H,11H2,1-4H3,(H,24,25). The predicted molar refractivity (Wildman–Crippen MR) is 104 cm³/mol. The van der Waals surface area contributed by atoms with E-state index in [0.29, 0.717) is 22.3 Å². The zero-order valence-corrected chi connectivity index (χ0v) is 15.8. The number of hydrogen-bond acceptors (Lipinski definition) is 5. The van der Waals surface area contributed by atoms with Crippen LogP contribution in [-0.2, 0) is 9.53 Å². The van der Waals surface area contributed by atoms with Crippen molar-refractivity contribution in [3.05, 3.63) is 64.5 Å². The first-order chi connectivity index (χ1) is 12.8. The normalized spacial score (nSPS) is 10.7. The van der Waals surface area contributed by atoms with Gasteiger partial charge in [0.2, 0.25) is 0 Å². The molecule has 0 spiro atoms. The third kappa shape index (κ3) is 4.28. The molecule has 2 aromatic carbocycles. The van der Waals surface area contributed by atoms with Crippen LogP contribution in [-0.4, -0.2) is 28.5 Å². The summed E-state index contributed by atoms with van der Waals surface area (Å²) in [6, 6.07) is 10.6. The molecule has 3 aromatic rings. The molecule has 0 aliphatic carbocycles. The lowest BCUT2D eigenvalue weighted by Crippen LogP contribution is -2.21. The highest BCUT2D eigenvalue weighted by Gasteiger charge is 2.12. The Bertz CT molecular complexity index is 1040. The number of nitrogens with zero attached hydrogens (tertiary/aromatic N) is 2. The Morgan fingerprint density at radius 1 is 0.889 bits per heavy atom. The fraction of sp³-hybridized carbons (Fsp3) is 0.238. The summed E-state index contributed by atoms with van der Waals surface area (Å²) < 4.78 is 5.12. The van der Waals surface area contributed by atoms with Crippen LogP contribution >= 0.6 is 0 Å². The van der Waals surface area contributed by atoms with Crippen LogP contribution in [0.4, 0.5) is 5.69 Å². The molecule has 0 radical (unpaired) electrons. The first-order valence-corrected chi connectivity index (χ1v) is 8.63. The molecule has 3 rings (SSSR count). The van der Waals surface area contributed by atoms with Crippen LogP contribution in [0.1, 0.15) is 32.9 Å². The summed E-state index contributed by atoms with van der Waals surface area (Å²) in [5, 5.41) is 2.72. The van der Waals surface area contributed by atoms with Crippen molar-refractivity contribution in [3.63, 3.8) is 0 Å². The van der Waals surface area contributed by atoms with E-state index in [1.807, 2.05) is 45.9 Å². The molecule has 1 N–H and O–H groups in total. The number of nitrogens with one attached hydrogen (secondary N) is 1. The van der Waals surface area contributed by atoms with Gasteiger partial charge >= 0.3 is 5.97 Å². The Balaban J connectivity index is 1.64. The summed E-state index contributed by atoms with van der Waals surface area (Å²) in [6.45, 7) is 7.36. The SMILES string of the molecule is Cc1ccc(NC(=O)COC(=O)c2ccc3nc(C)c(C)nc3c2)cc1C. The number of anilines is 1. The van der Waals surface area contributed by atoms with Gasteiger partial charge in [-0.1, -0.05) is 6.07 Å². The zero-order chi connectivity index (χ0) is 19.6. The highest BCUT2D eigenvalue weighted by Crippen LogP contribution is 2.16. The van der Waals surface area contributed by atoms with Crippen LogP contribution in [0.5, 0.6) is 0 Å². The molecule has 1 heterocycles. The second-order valence-corrected chi connectivity index (χ2v) is 6.52. The molecular weight excluding hydrogens is 342 g/mol. The second-order valence-electron chi connectivity index (χ2n) is 6.52. The van der Waals surface area contributed by atoms with Crippen molar-refractivity contribution in [2.24, 2.45) is 0 Å². The minimum atomic E-state index is -0.577. The van der Waals surface area contributed by atoms with E-state index in [1.165, 1.54) is 0 Å². The maximum Gasteiger partial charge on any atom is 0.338 e. The van der Waals surface area contributed by atoms with Gasteiger partial charge in [0.15, 0.2) is 6.61 Å². The molecule has 1 aromatic heterocycles. The molecule has 0 aliphatic heterocycles. The van der Waals surface area contributed by atoms with E-state index < -0.39 is 11.9 Å². The lowest BCUT2D eigenvalue weighted by atomic mass is 10.1. The van der Waals surface area contributed by atoms with Crippen LogP contribution in [0.15, 0.2) is 36.4 Å². The quantitative estimate of drug-likeness (QED) is 0.716. The number of carbonyl (C=O) groups excluding carboxylic acids is 2. The molecule has 0 aliphatic rings. The molecule has 0 saturated carbocycles. The van der Waals surface area contributed by atoms with Gasteiger partial charge in [0.25, 0.3) is 5.91 Å². The summed E-state index contributed by atoms with van der Waals surface area (Å²) in [5.74, 6) is -0.967. The fourth-order valence-electron chi connectivity index (χ4n) is 2.59. The number of aromatic nitrogens is 2. The maximum absolute atomic E-state index is 12.2. The Labute approximate surface area is 157 Å². The molecular formula is C21H21N3O3. The first-order valence-electron chi connectivity index (χ1n) is 8.63. The lowest BCUT2D eigenvalue weighted by molar-refractivity contribution is -0.119. The van der Waals surface area contributed by atoms with Crippen molar-refractivity contribution in [2.75, 3.05) is 11.9 Å². The smallest absolute Gasteiger partial charge is 0.338 e. The molecule has 1 amide bonds. The summed E-state index contributed by atoms with van der Waals surface area (Å²) in [4.78, 5) is 33.1. The molecule has 0 saturated heterocycles. The number of fused-ring (bicyclic) bond motifs is 1. The number of ether oxygens (including phenoxy) is 1. The van der Waals surface area contributed by atoms with Gasteiger partial charge in [-0.2, -0.15) is 0 Å². The first kappa shape index (κ1) is 18.5. The van der Waals surface area contributed by atoms with Crippen LogP contribution in [0.25, 0.3) is 11.0 Å². The molecule has 27 heavy (non-hydrogen) atoms. The van der Waals surface area contributed by atoms with Crippen LogP contribution in [0.3, 0.4) is 0 Å². The highest BCUT2D eigenvalue weighted by atomic mass is 16.5. The van der Waals surface area contributed by atoms with Gasteiger partial charge < -0.3 is 10.1 Å². The van der Waals surface area contributed by atoms with E-state index in [9.17, 15) is 9.59 Å². The average Bonchev–Trinajstić information content (AvgIpc) is 2.63. The Morgan fingerprint density at radius 3 is 2.30 bits per heavy atom. The molecule has 0 fully saturated rings. The Hall–Kier alpha value is -3.28. The number of aryl methyl sites for hydroxylation is 4. The number of benzene rings is 2. The van der Waals surface area contributed by atoms with Crippen molar-refractivity contribution in [2.45, 2.75) is 27.7 Å². The summed E-state index contributed by atoms with van der Waals surface area (Å²) >= 11 is 0. The number of hydrogen-bond donors (Lipinski definition) is 1. The Kier molecular flexibility index (Phi) is 5.16. The van der Waals surface area contributed by atoms with E-state index in [1.54, 1.807) is 18.2 Å². The molecule has 6 heteroatoms. The van der Waals surface area contributed by atoms with E-state index in [4.69, 9.17) is 4.74 Å². The average molecular weight is 363 g/mol. The number of rotatable bonds is 4. The number of amides is 1. The van der Waals surface area contributed by atoms with E-state index in [0.717, 1.165) is 22.5 Å². The van der Waals surface area contributed by atoms with Gasteiger partial charge in [-0.05, 0) is 69.2 Å². The van der Waals surface area contributed by atoms with Gasteiger partial charge in [0.1, 0.15) is 0 Å². The van der Waals surface area contributed by atoms with Crippen LogP contribution < -0.4 is 5.32 Å². The summed E-state index contributed by atoms with van der Waals surface area (Å²) in [6.07, 6.45) is 0. The van der Waals surface area contributed by atoms with Gasteiger partial charge in [-0.15, -0.1) is 0 Å². The van der Waals surface area contributed by atoms with E-state index >= 15 is 0 Å². The zero-order valence-electron chi connectivity index (χ0n) is 15.8. The third-order valence-corrected chi connectivity index (χ3v) is 4.44. The van der Waals surface area contributed by atoms with Crippen LogP contribution in [0, 0.1) is 27.7 Å².